The molecular formula is C21H31ClN6O2. The van der Waals surface area contributed by atoms with E-state index in [0.29, 0.717) is 35.7 Å². The Morgan fingerprint density at radius 1 is 1.30 bits per heavy atom. The average molecular weight is 435 g/mol. The molecule has 1 aliphatic rings. The smallest absolute Gasteiger partial charge is 0.228 e. The van der Waals surface area contributed by atoms with Crippen LogP contribution in [-0.4, -0.2) is 74.0 Å². The Labute approximate surface area is 183 Å². The summed E-state index contributed by atoms with van der Waals surface area (Å²) in [5.41, 5.74) is 0.883. The SMILES string of the molecule is CN=C(NCCc1nc(-c2ccc(Cl)cc2)no1)NC1CCN(CCCOC)CC1. The van der Waals surface area contributed by atoms with Crippen LogP contribution in [0.1, 0.15) is 25.2 Å². The van der Waals surface area contributed by atoms with Crippen LogP contribution in [0.15, 0.2) is 33.8 Å². The zero-order chi connectivity index (χ0) is 21.2. The number of halogens is 1. The molecule has 30 heavy (non-hydrogen) atoms. The number of nitrogens with one attached hydrogen (secondary N) is 2. The van der Waals surface area contributed by atoms with E-state index in [1.165, 1.54) is 0 Å². The van der Waals surface area contributed by atoms with Gasteiger partial charge in [-0.2, -0.15) is 4.98 Å². The molecule has 3 rings (SSSR count). The molecule has 0 aliphatic carbocycles. The largest absolute Gasteiger partial charge is 0.385 e. The summed E-state index contributed by atoms with van der Waals surface area (Å²) in [4.78, 5) is 11.3. The van der Waals surface area contributed by atoms with Crippen LogP contribution in [0, 0.1) is 0 Å². The van der Waals surface area contributed by atoms with Crippen molar-refractivity contribution in [2.24, 2.45) is 4.99 Å². The first-order chi connectivity index (χ1) is 14.7. The van der Waals surface area contributed by atoms with Crippen LogP contribution in [0.4, 0.5) is 0 Å². The molecule has 0 amide bonds. The van der Waals surface area contributed by atoms with E-state index in [2.05, 4.69) is 30.7 Å². The predicted octanol–water partition coefficient (Wildman–Crippen LogP) is 2.60. The maximum Gasteiger partial charge on any atom is 0.228 e. The average Bonchev–Trinajstić information content (AvgIpc) is 3.24. The number of piperidine rings is 1. The summed E-state index contributed by atoms with van der Waals surface area (Å²) in [5.74, 6) is 1.97. The third-order valence-corrected chi connectivity index (χ3v) is 5.43. The number of aliphatic imine (C=N–C) groups is 1. The van der Waals surface area contributed by atoms with Gasteiger partial charge in [0.2, 0.25) is 11.7 Å². The summed E-state index contributed by atoms with van der Waals surface area (Å²) >= 11 is 5.92. The third-order valence-electron chi connectivity index (χ3n) is 5.18. The molecule has 164 valence electrons. The summed E-state index contributed by atoms with van der Waals surface area (Å²) < 4.78 is 10.5. The van der Waals surface area contributed by atoms with Gasteiger partial charge >= 0.3 is 0 Å². The van der Waals surface area contributed by atoms with Gasteiger partial charge in [-0.3, -0.25) is 4.99 Å². The summed E-state index contributed by atoms with van der Waals surface area (Å²) in [7, 11) is 3.55. The molecule has 0 spiro atoms. The van der Waals surface area contributed by atoms with Gasteiger partial charge in [0.05, 0.1) is 0 Å². The highest BCUT2D eigenvalue weighted by Crippen LogP contribution is 2.18. The van der Waals surface area contributed by atoms with E-state index in [4.69, 9.17) is 20.9 Å². The molecule has 2 N–H and O–H groups in total. The van der Waals surface area contributed by atoms with Crippen LogP contribution >= 0.6 is 11.6 Å². The zero-order valence-corrected chi connectivity index (χ0v) is 18.5. The normalized spacial score (nSPS) is 16.0. The Bertz CT molecular complexity index is 787. The molecule has 1 aromatic heterocycles. The van der Waals surface area contributed by atoms with Crippen molar-refractivity contribution in [2.45, 2.75) is 31.7 Å². The minimum Gasteiger partial charge on any atom is -0.385 e. The van der Waals surface area contributed by atoms with Gasteiger partial charge in [-0.05, 0) is 43.5 Å². The fourth-order valence-corrected chi connectivity index (χ4v) is 3.61. The number of guanidine groups is 1. The molecule has 2 heterocycles. The minimum atomic E-state index is 0.440. The Hall–Kier alpha value is -2.16. The Kier molecular flexibility index (Phi) is 8.92. The number of methoxy groups -OCH3 is 1. The van der Waals surface area contributed by atoms with Gasteiger partial charge in [-0.1, -0.05) is 16.8 Å². The van der Waals surface area contributed by atoms with Gasteiger partial charge in [0, 0.05) is 70.0 Å². The van der Waals surface area contributed by atoms with E-state index >= 15 is 0 Å². The van der Waals surface area contributed by atoms with E-state index in [-0.39, 0.29) is 0 Å². The second kappa shape index (κ2) is 11.9. The molecule has 1 saturated heterocycles. The monoisotopic (exact) mass is 434 g/mol. The van der Waals surface area contributed by atoms with Crippen molar-refractivity contribution in [3.8, 4) is 11.4 Å². The summed E-state index contributed by atoms with van der Waals surface area (Å²) in [6.07, 6.45) is 3.94. The molecule has 0 radical (unpaired) electrons. The molecule has 0 unspecified atom stereocenters. The van der Waals surface area contributed by atoms with Crippen molar-refractivity contribution in [3.05, 3.63) is 35.2 Å². The van der Waals surface area contributed by atoms with Crippen LogP contribution in [0.3, 0.4) is 0 Å². The second-order valence-corrected chi connectivity index (χ2v) is 7.81. The number of hydrogen-bond donors (Lipinski definition) is 2. The molecule has 0 atom stereocenters. The van der Waals surface area contributed by atoms with E-state index in [0.717, 1.165) is 57.0 Å². The van der Waals surface area contributed by atoms with E-state index in [1.54, 1.807) is 14.2 Å². The molecule has 0 bridgehead atoms. The quantitative estimate of drug-likeness (QED) is 0.356. The predicted molar refractivity (Wildman–Crippen MR) is 119 cm³/mol. The lowest BCUT2D eigenvalue weighted by atomic mass is 10.1. The van der Waals surface area contributed by atoms with Crippen LogP contribution in [0.25, 0.3) is 11.4 Å². The summed E-state index contributed by atoms with van der Waals surface area (Å²) in [6, 6.07) is 7.82. The molecule has 1 aliphatic heterocycles. The number of benzene rings is 1. The van der Waals surface area contributed by atoms with Crippen molar-refractivity contribution in [3.63, 3.8) is 0 Å². The van der Waals surface area contributed by atoms with Gasteiger partial charge in [0.25, 0.3) is 0 Å². The lowest BCUT2D eigenvalue weighted by Gasteiger charge is -2.33. The number of rotatable bonds is 9. The highest BCUT2D eigenvalue weighted by atomic mass is 35.5. The van der Waals surface area contributed by atoms with Gasteiger partial charge in [0.15, 0.2) is 5.96 Å². The third kappa shape index (κ3) is 6.97. The Morgan fingerprint density at radius 2 is 2.07 bits per heavy atom. The second-order valence-electron chi connectivity index (χ2n) is 7.37. The standard InChI is InChI=1S/C21H31ClN6O2/c1-23-21(25-18-9-13-28(14-10-18)12-3-15-29-2)24-11-8-19-26-20(27-30-19)16-4-6-17(22)7-5-16/h4-7,18H,3,8-15H2,1-2H3,(H2,23,24,25). The fourth-order valence-electron chi connectivity index (χ4n) is 3.48. The van der Waals surface area contributed by atoms with Gasteiger partial charge in [0.1, 0.15) is 0 Å². The number of nitrogens with zero attached hydrogens (tertiary/aromatic N) is 4. The van der Waals surface area contributed by atoms with Crippen molar-refractivity contribution in [1.82, 2.24) is 25.7 Å². The lowest BCUT2D eigenvalue weighted by molar-refractivity contribution is 0.155. The molecule has 0 saturated carbocycles. The van der Waals surface area contributed by atoms with Crippen LogP contribution in [0.5, 0.6) is 0 Å². The topological polar surface area (TPSA) is 87.8 Å². The molecule has 1 aromatic carbocycles. The minimum absolute atomic E-state index is 0.440. The van der Waals surface area contributed by atoms with Crippen LogP contribution in [-0.2, 0) is 11.2 Å². The van der Waals surface area contributed by atoms with Crippen molar-refractivity contribution >= 4 is 17.6 Å². The van der Waals surface area contributed by atoms with Crippen molar-refractivity contribution < 1.29 is 9.26 Å². The van der Waals surface area contributed by atoms with Crippen molar-refractivity contribution in [1.29, 1.82) is 0 Å². The molecule has 1 fully saturated rings. The molecular weight excluding hydrogens is 404 g/mol. The van der Waals surface area contributed by atoms with Gasteiger partial charge < -0.3 is 24.8 Å². The van der Waals surface area contributed by atoms with E-state index in [9.17, 15) is 0 Å². The number of likely N-dealkylation sites (tertiary alicyclic amines) is 1. The van der Waals surface area contributed by atoms with Crippen molar-refractivity contribution in [2.75, 3.05) is 46.9 Å². The number of hydrogen-bond acceptors (Lipinski definition) is 6. The highest BCUT2D eigenvalue weighted by molar-refractivity contribution is 6.30. The zero-order valence-electron chi connectivity index (χ0n) is 17.7. The Balaban J connectivity index is 1.38. The van der Waals surface area contributed by atoms with Gasteiger partial charge in [-0.15, -0.1) is 0 Å². The molecule has 9 heteroatoms. The molecule has 2 aromatic rings. The first kappa shape index (κ1) is 22.5. The lowest BCUT2D eigenvalue weighted by Crippen LogP contribution is -2.49. The first-order valence-corrected chi connectivity index (χ1v) is 10.8. The number of aromatic nitrogens is 2. The maximum absolute atomic E-state index is 5.92. The fraction of sp³-hybridized carbons (Fsp3) is 0.571. The van der Waals surface area contributed by atoms with E-state index in [1.807, 2.05) is 24.3 Å². The van der Waals surface area contributed by atoms with Crippen LogP contribution < -0.4 is 10.6 Å². The maximum atomic E-state index is 5.92. The molecule has 8 nitrogen and oxygen atoms in total. The van der Waals surface area contributed by atoms with E-state index < -0.39 is 0 Å². The highest BCUT2D eigenvalue weighted by Gasteiger charge is 2.19. The summed E-state index contributed by atoms with van der Waals surface area (Å²) in [6.45, 7) is 4.81. The number of ether oxygens (including phenoxy) is 1. The first-order valence-electron chi connectivity index (χ1n) is 10.4. The van der Waals surface area contributed by atoms with Gasteiger partial charge in [-0.25, -0.2) is 0 Å². The Morgan fingerprint density at radius 3 is 2.77 bits per heavy atom. The van der Waals surface area contributed by atoms with Crippen LogP contribution in [0.2, 0.25) is 5.02 Å². The summed E-state index contributed by atoms with van der Waals surface area (Å²) in [5, 5.41) is 11.6.